The highest BCUT2D eigenvalue weighted by Gasteiger charge is 2.45. The van der Waals surface area contributed by atoms with Crippen molar-refractivity contribution in [2.75, 3.05) is 19.8 Å². The average molecular weight is 453 g/mol. The summed E-state index contributed by atoms with van der Waals surface area (Å²) in [7, 11) is 0. The van der Waals surface area contributed by atoms with Crippen LogP contribution in [0.5, 0.6) is 5.75 Å². The fraction of sp³-hybridized carbons (Fsp3) is 0.478. The van der Waals surface area contributed by atoms with Gasteiger partial charge in [-0.1, -0.05) is 35.9 Å². The van der Waals surface area contributed by atoms with E-state index in [1.54, 1.807) is 18.2 Å². The molecule has 2 fully saturated rings. The Balaban J connectivity index is 1.49. The van der Waals surface area contributed by atoms with Crippen molar-refractivity contribution in [3.63, 3.8) is 0 Å². The lowest BCUT2D eigenvalue weighted by Crippen LogP contribution is -2.53. The smallest absolute Gasteiger partial charge is 0.157 e. The molecule has 4 rings (SSSR count). The van der Waals surface area contributed by atoms with E-state index in [-0.39, 0.29) is 6.10 Å². The molecule has 6 nitrogen and oxygen atoms in total. The third-order valence-corrected chi connectivity index (χ3v) is 6.12. The van der Waals surface area contributed by atoms with Crippen molar-refractivity contribution in [2.24, 2.45) is 0 Å². The van der Waals surface area contributed by atoms with E-state index in [2.05, 4.69) is 0 Å². The molecule has 2 aromatic rings. The van der Waals surface area contributed by atoms with Crippen LogP contribution in [-0.4, -0.2) is 65.7 Å². The molecule has 2 aliphatic rings. The van der Waals surface area contributed by atoms with Gasteiger partial charge in [-0.05, 0) is 41.3 Å². The fourth-order valence-electron chi connectivity index (χ4n) is 3.96. The van der Waals surface area contributed by atoms with Gasteiger partial charge in [-0.25, -0.2) is 4.39 Å². The first kappa shape index (κ1) is 22.5. The SMILES string of the molecule is OC[C@H]1O[C@@H](c2ccc(Cl)c(Cc3ccc(O[C@H]4CCOC4)cc3)c2)[C@@H](O)[C@@H](O)[C@H]1F. The molecule has 168 valence electrons. The largest absolute Gasteiger partial charge is 0.488 e. The van der Waals surface area contributed by atoms with Gasteiger partial charge in [0.1, 0.15) is 36.3 Å². The normalized spacial score (nSPS) is 31.0. The van der Waals surface area contributed by atoms with Crippen LogP contribution in [0.4, 0.5) is 4.39 Å². The second-order valence-electron chi connectivity index (χ2n) is 7.98. The molecule has 0 aromatic heterocycles. The molecule has 0 saturated carbocycles. The molecule has 0 aliphatic carbocycles. The van der Waals surface area contributed by atoms with E-state index >= 15 is 0 Å². The summed E-state index contributed by atoms with van der Waals surface area (Å²) in [6, 6.07) is 12.8. The van der Waals surface area contributed by atoms with Gasteiger partial charge >= 0.3 is 0 Å². The van der Waals surface area contributed by atoms with Crippen LogP contribution in [0, 0.1) is 0 Å². The van der Waals surface area contributed by atoms with Crippen LogP contribution in [0.2, 0.25) is 5.02 Å². The molecule has 2 aromatic carbocycles. The second-order valence-corrected chi connectivity index (χ2v) is 8.39. The van der Waals surface area contributed by atoms with Gasteiger partial charge in [0.05, 0.1) is 19.8 Å². The summed E-state index contributed by atoms with van der Waals surface area (Å²) in [6.45, 7) is 0.733. The highest BCUT2D eigenvalue weighted by Crippen LogP contribution is 2.35. The lowest BCUT2D eigenvalue weighted by Gasteiger charge is -2.39. The highest BCUT2D eigenvalue weighted by atomic mass is 35.5. The molecule has 6 atom stereocenters. The quantitative estimate of drug-likeness (QED) is 0.624. The fourth-order valence-corrected chi connectivity index (χ4v) is 4.15. The molecule has 8 heteroatoms. The number of halogens is 2. The van der Waals surface area contributed by atoms with Crippen molar-refractivity contribution in [1.29, 1.82) is 0 Å². The maximum Gasteiger partial charge on any atom is 0.157 e. The molecular weight excluding hydrogens is 427 g/mol. The molecule has 2 aliphatic heterocycles. The lowest BCUT2D eigenvalue weighted by atomic mass is 9.90. The Hall–Kier alpha value is -1.74. The lowest BCUT2D eigenvalue weighted by molar-refractivity contribution is -0.214. The Morgan fingerprint density at radius 3 is 2.55 bits per heavy atom. The Kier molecular flexibility index (Phi) is 7.11. The van der Waals surface area contributed by atoms with E-state index in [0.717, 1.165) is 29.9 Å². The third kappa shape index (κ3) is 5.03. The van der Waals surface area contributed by atoms with Gasteiger partial charge in [0.15, 0.2) is 6.17 Å². The van der Waals surface area contributed by atoms with Crippen LogP contribution in [0.15, 0.2) is 42.5 Å². The van der Waals surface area contributed by atoms with E-state index in [0.29, 0.717) is 23.6 Å². The molecule has 31 heavy (non-hydrogen) atoms. The van der Waals surface area contributed by atoms with Gasteiger partial charge in [-0.15, -0.1) is 0 Å². The Bertz CT molecular complexity index is 871. The summed E-state index contributed by atoms with van der Waals surface area (Å²) in [4.78, 5) is 0. The van der Waals surface area contributed by atoms with Crippen LogP contribution >= 0.6 is 11.6 Å². The molecule has 0 bridgehead atoms. The summed E-state index contributed by atoms with van der Waals surface area (Å²) < 4.78 is 30.8. The maximum absolute atomic E-state index is 14.0. The Morgan fingerprint density at radius 2 is 1.87 bits per heavy atom. The summed E-state index contributed by atoms with van der Waals surface area (Å²) >= 11 is 6.38. The minimum Gasteiger partial charge on any atom is -0.488 e. The molecule has 0 spiro atoms. The van der Waals surface area contributed by atoms with E-state index in [4.69, 9.17) is 25.8 Å². The molecule has 3 N–H and O–H groups in total. The van der Waals surface area contributed by atoms with Crippen molar-refractivity contribution in [1.82, 2.24) is 0 Å². The van der Waals surface area contributed by atoms with E-state index in [1.807, 2.05) is 24.3 Å². The van der Waals surface area contributed by atoms with E-state index < -0.39 is 37.2 Å². The van der Waals surface area contributed by atoms with Gasteiger partial charge in [0.2, 0.25) is 0 Å². The standard InChI is InChI=1S/C23H26ClFO6/c24-18-6-3-14(23-22(28)21(27)20(25)19(11-26)31-23)10-15(18)9-13-1-4-16(5-2-13)30-17-7-8-29-12-17/h1-6,10,17,19-23,26-28H,7-9,11-12H2/t17-,19+,20-,21-,22-,23-/m0/s1. The number of hydrogen-bond donors (Lipinski definition) is 3. The summed E-state index contributed by atoms with van der Waals surface area (Å²) in [5, 5.41) is 30.2. The molecule has 2 heterocycles. The third-order valence-electron chi connectivity index (χ3n) is 5.75. The van der Waals surface area contributed by atoms with Crippen molar-refractivity contribution >= 4 is 11.6 Å². The Labute approximate surface area is 185 Å². The predicted molar refractivity (Wildman–Crippen MR) is 112 cm³/mol. The van der Waals surface area contributed by atoms with Gasteiger partial charge in [0, 0.05) is 11.4 Å². The number of aliphatic hydroxyl groups is 3. The minimum absolute atomic E-state index is 0.0842. The number of aliphatic hydroxyl groups excluding tert-OH is 3. The number of hydrogen-bond acceptors (Lipinski definition) is 6. The van der Waals surface area contributed by atoms with Crippen LogP contribution in [0.25, 0.3) is 0 Å². The van der Waals surface area contributed by atoms with E-state index in [1.165, 1.54) is 0 Å². The van der Waals surface area contributed by atoms with Crippen molar-refractivity contribution in [2.45, 2.75) is 49.5 Å². The summed E-state index contributed by atoms with van der Waals surface area (Å²) in [5.74, 6) is 0.780. The maximum atomic E-state index is 14.0. The first-order valence-electron chi connectivity index (χ1n) is 10.3. The highest BCUT2D eigenvalue weighted by molar-refractivity contribution is 6.31. The van der Waals surface area contributed by atoms with Gasteiger partial charge in [-0.3, -0.25) is 0 Å². The number of alkyl halides is 1. The molecular formula is C23H26ClFO6. The zero-order valence-corrected chi connectivity index (χ0v) is 17.6. The van der Waals surface area contributed by atoms with Gasteiger partial charge in [0.25, 0.3) is 0 Å². The van der Waals surface area contributed by atoms with Crippen LogP contribution in [-0.2, 0) is 15.9 Å². The Morgan fingerprint density at radius 1 is 1.10 bits per heavy atom. The van der Waals surface area contributed by atoms with Gasteiger partial charge < -0.3 is 29.5 Å². The first-order chi connectivity index (χ1) is 15.0. The van der Waals surface area contributed by atoms with Crippen molar-refractivity contribution < 1.29 is 33.9 Å². The first-order valence-corrected chi connectivity index (χ1v) is 10.7. The summed E-state index contributed by atoms with van der Waals surface area (Å²) in [6.07, 6.45) is -5.65. The zero-order valence-electron chi connectivity index (χ0n) is 16.9. The zero-order chi connectivity index (χ0) is 22.0. The van der Waals surface area contributed by atoms with E-state index in [9.17, 15) is 19.7 Å². The topological polar surface area (TPSA) is 88.4 Å². The van der Waals surface area contributed by atoms with Crippen molar-refractivity contribution in [3.05, 3.63) is 64.2 Å². The van der Waals surface area contributed by atoms with Crippen LogP contribution in [0.1, 0.15) is 29.2 Å². The van der Waals surface area contributed by atoms with Crippen molar-refractivity contribution in [3.8, 4) is 5.75 Å². The molecule has 0 unspecified atom stereocenters. The minimum atomic E-state index is -1.86. The monoisotopic (exact) mass is 452 g/mol. The predicted octanol–water partition coefficient (Wildman–Crippen LogP) is 2.59. The number of ether oxygens (including phenoxy) is 3. The van der Waals surface area contributed by atoms with Crippen LogP contribution < -0.4 is 4.74 Å². The molecule has 0 radical (unpaired) electrons. The van der Waals surface area contributed by atoms with Crippen LogP contribution in [0.3, 0.4) is 0 Å². The average Bonchev–Trinajstić information content (AvgIpc) is 3.28. The molecule has 2 saturated heterocycles. The number of benzene rings is 2. The second kappa shape index (κ2) is 9.81. The molecule has 0 amide bonds. The van der Waals surface area contributed by atoms with Gasteiger partial charge in [-0.2, -0.15) is 0 Å². The number of rotatable bonds is 6. The summed E-state index contributed by atoms with van der Waals surface area (Å²) in [5.41, 5.74) is 2.36.